The van der Waals surface area contributed by atoms with Crippen LogP contribution in [0.3, 0.4) is 0 Å². The fourth-order valence-corrected chi connectivity index (χ4v) is 6.87. The first-order valence-electron chi connectivity index (χ1n) is 11.4. The van der Waals surface area contributed by atoms with Crippen LogP contribution in [0.15, 0.2) is 65.6 Å². The highest BCUT2D eigenvalue weighted by Crippen LogP contribution is 2.37. The molecule has 0 aromatic heterocycles. The van der Waals surface area contributed by atoms with Crippen LogP contribution in [-0.4, -0.2) is 35.7 Å². The molecule has 0 spiro atoms. The van der Waals surface area contributed by atoms with E-state index in [0.717, 1.165) is 28.8 Å². The van der Waals surface area contributed by atoms with Crippen molar-refractivity contribution in [2.75, 3.05) is 17.1 Å². The van der Waals surface area contributed by atoms with Crippen molar-refractivity contribution in [1.82, 2.24) is 0 Å². The van der Waals surface area contributed by atoms with Crippen LogP contribution in [0.5, 0.6) is 0 Å². The summed E-state index contributed by atoms with van der Waals surface area (Å²) >= 11 is 6.16. The first-order chi connectivity index (χ1) is 18.1. The normalized spacial score (nSPS) is 16.7. The Labute approximate surface area is 228 Å². The molecule has 1 unspecified atom stereocenters. The Hall–Kier alpha value is -2.93. The van der Waals surface area contributed by atoms with Gasteiger partial charge in [0.2, 0.25) is 0 Å². The predicted molar refractivity (Wildman–Crippen MR) is 141 cm³/mol. The summed E-state index contributed by atoms with van der Waals surface area (Å²) in [5, 5.41) is 0.177. The first-order valence-corrected chi connectivity index (χ1v) is 15.0. The highest BCUT2D eigenvalue weighted by molar-refractivity contribution is 7.92. The Morgan fingerprint density at radius 2 is 1.74 bits per heavy atom. The van der Waals surface area contributed by atoms with Crippen molar-refractivity contribution in [3.63, 3.8) is 0 Å². The maximum absolute atomic E-state index is 14.4. The molecule has 0 fully saturated rings. The number of halogens is 5. The number of anilines is 1. The zero-order valence-corrected chi connectivity index (χ0v) is 22.9. The van der Waals surface area contributed by atoms with E-state index in [2.05, 4.69) is 0 Å². The minimum Gasteiger partial charge on any atom is -0.265 e. The zero-order chi connectivity index (χ0) is 28.8. The Morgan fingerprint density at radius 1 is 1.05 bits per heavy atom. The fourth-order valence-electron chi connectivity index (χ4n) is 4.36. The highest BCUT2D eigenvalue weighted by Gasteiger charge is 2.37. The van der Waals surface area contributed by atoms with E-state index in [9.17, 15) is 34.4 Å². The number of hydrogen-bond donors (Lipinski definition) is 0. The van der Waals surface area contributed by atoms with Gasteiger partial charge in [-0.2, -0.15) is 21.6 Å². The van der Waals surface area contributed by atoms with Crippen LogP contribution in [0.25, 0.3) is 11.6 Å². The summed E-state index contributed by atoms with van der Waals surface area (Å²) in [7, 11) is -8.58. The van der Waals surface area contributed by atoms with E-state index in [1.165, 1.54) is 24.3 Å². The van der Waals surface area contributed by atoms with Gasteiger partial charge in [0.05, 0.1) is 40.1 Å². The van der Waals surface area contributed by atoms with Crippen molar-refractivity contribution < 1.29 is 38.6 Å². The summed E-state index contributed by atoms with van der Waals surface area (Å²) in [6.07, 6.45) is -3.47. The molecule has 0 N–H and O–H groups in total. The molecular formula is C26H22ClF4NO5S2. The maximum atomic E-state index is 14.4. The van der Waals surface area contributed by atoms with Gasteiger partial charge >= 0.3 is 6.18 Å². The molecule has 0 radical (unpaired) electrons. The lowest BCUT2D eigenvalue weighted by Crippen LogP contribution is -2.44. The molecule has 4 rings (SSSR count). The zero-order valence-electron chi connectivity index (χ0n) is 20.5. The lowest BCUT2D eigenvalue weighted by Gasteiger charge is -2.35. The molecule has 6 nitrogen and oxygen atoms in total. The monoisotopic (exact) mass is 603 g/mol. The fraction of sp³-hybridized carbons (Fsp3) is 0.231. The lowest BCUT2D eigenvalue weighted by atomic mass is 9.97. The van der Waals surface area contributed by atoms with E-state index in [1.54, 1.807) is 25.1 Å². The third kappa shape index (κ3) is 6.46. The summed E-state index contributed by atoms with van der Waals surface area (Å²) in [5.41, 5.74) is 0.425. The van der Waals surface area contributed by atoms with Gasteiger partial charge in [0.15, 0.2) is 0 Å². The van der Waals surface area contributed by atoms with E-state index in [4.69, 9.17) is 15.8 Å². The predicted octanol–water partition coefficient (Wildman–Crippen LogP) is 6.15. The standard InChI is InChI=1S/C26H22ClF4NO5S2/c1-16(25-22(27)7-4-8-23(25)28)11-17-9-10-18-13-20(37-38(2,33)34)15-32(24(18)12-17)39(35,36)21-6-3-5-19(14-21)26(29,30)31/h3-12,14,20H,13,15H2,1-2H3. The molecule has 0 amide bonds. The molecule has 1 heterocycles. The minimum atomic E-state index is -4.78. The molecule has 3 aromatic carbocycles. The summed E-state index contributed by atoms with van der Waals surface area (Å²) in [5.74, 6) is -0.552. The lowest BCUT2D eigenvalue weighted by molar-refractivity contribution is -0.137. The van der Waals surface area contributed by atoms with Gasteiger partial charge in [-0.05, 0) is 60.0 Å². The van der Waals surface area contributed by atoms with Crippen LogP contribution in [0.4, 0.5) is 23.2 Å². The van der Waals surface area contributed by atoms with E-state index >= 15 is 0 Å². The molecule has 0 saturated carbocycles. The summed E-state index contributed by atoms with van der Waals surface area (Å²) in [6.45, 7) is 1.15. The Bertz CT molecular complexity index is 1650. The Kier molecular flexibility index (Phi) is 7.87. The van der Waals surface area contributed by atoms with Crippen LogP contribution in [0.1, 0.15) is 29.2 Å². The van der Waals surface area contributed by atoms with Gasteiger partial charge in [0, 0.05) is 12.0 Å². The smallest absolute Gasteiger partial charge is 0.265 e. The number of sulfonamides is 1. The number of fused-ring (bicyclic) bond motifs is 1. The molecule has 0 bridgehead atoms. The summed E-state index contributed by atoms with van der Waals surface area (Å²) in [4.78, 5) is -0.626. The van der Waals surface area contributed by atoms with Gasteiger partial charge < -0.3 is 0 Å². The number of hydrogen-bond acceptors (Lipinski definition) is 5. The van der Waals surface area contributed by atoms with Crippen molar-refractivity contribution in [3.8, 4) is 0 Å². The van der Waals surface area contributed by atoms with Crippen LogP contribution >= 0.6 is 11.6 Å². The van der Waals surface area contributed by atoms with Crippen molar-refractivity contribution in [2.45, 2.75) is 30.5 Å². The Balaban J connectivity index is 1.83. The molecule has 1 aliphatic rings. The molecule has 0 saturated heterocycles. The average Bonchev–Trinajstić information content (AvgIpc) is 2.82. The highest BCUT2D eigenvalue weighted by atomic mass is 35.5. The summed E-state index contributed by atoms with van der Waals surface area (Å²) < 4.78 is 111. The largest absolute Gasteiger partial charge is 0.416 e. The second-order valence-electron chi connectivity index (χ2n) is 9.00. The maximum Gasteiger partial charge on any atom is 0.416 e. The third-order valence-corrected chi connectivity index (χ3v) is 8.71. The van der Waals surface area contributed by atoms with Crippen molar-refractivity contribution in [2.24, 2.45) is 0 Å². The van der Waals surface area contributed by atoms with Crippen molar-refractivity contribution in [1.29, 1.82) is 0 Å². The number of rotatable bonds is 6. The minimum absolute atomic E-state index is 0.0269. The summed E-state index contributed by atoms with van der Waals surface area (Å²) in [6, 6.07) is 12.2. The quantitative estimate of drug-likeness (QED) is 0.192. The number of allylic oxidation sites excluding steroid dienone is 1. The van der Waals surface area contributed by atoms with E-state index in [0.29, 0.717) is 22.8 Å². The van der Waals surface area contributed by atoms with E-state index in [1.807, 2.05) is 0 Å². The second-order valence-corrected chi connectivity index (χ2v) is 12.9. The van der Waals surface area contributed by atoms with Gasteiger partial charge in [-0.1, -0.05) is 41.9 Å². The number of alkyl halides is 3. The van der Waals surface area contributed by atoms with Gasteiger partial charge in [0.1, 0.15) is 5.82 Å². The molecular weight excluding hydrogens is 582 g/mol. The van der Waals surface area contributed by atoms with Gasteiger partial charge in [-0.25, -0.2) is 12.8 Å². The average molecular weight is 604 g/mol. The van der Waals surface area contributed by atoms with Crippen LogP contribution in [0, 0.1) is 5.82 Å². The molecule has 1 atom stereocenters. The molecule has 39 heavy (non-hydrogen) atoms. The van der Waals surface area contributed by atoms with Crippen molar-refractivity contribution >= 4 is 49.1 Å². The van der Waals surface area contributed by atoms with Crippen LogP contribution in [0.2, 0.25) is 5.02 Å². The molecule has 1 aliphatic heterocycles. The number of nitrogens with zero attached hydrogens (tertiary/aromatic N) is 1. The van der Waals surface area contributed by atoms with Gasteiger partial charge in [-0.3, -0.25) is 8.49 Å². The molecule has 3 aromatic rings. The van der Waals surface area contributed by atoms with Crippen molar-refractivity contribution in [3.05, 3.63) is 93.8 Å². The first kappa shape index (κ1) is 29.1. The molecule has 13 heteroatoms. The van der Waals surface area contributed by atoms with E-state index < -0.39 is 55.2 Å². The molecule has 0 aliphatic carbocycles. The third-order valence-electron chi connectivity index (χ3n) is 6.00. The van der Waals surface area contributed by atoms with Gasteiger partial charge in [0.25, 0.3) is 20.1 Å². The van der Waals surface area contributed by atoms with Crippen LogP contribution < -0.4 is 4.31 Å². The van der Waals surface area contributed by atoms with Crippen LogP contribution in [-0.2, 0) is 36.9 Å². The second kappa shape index (κ2) is 10.6. The van der Waals surface area contributed by atoms with Gasteiger partial charge in [-0.15, -0.1) is 0 Å². The number of benzene rings is 3. The Morgan fingerprint density at radius 3 is 2.38 bits per heavy atom. The SMILES string of the molecule is CC(=Cc1ccc2c(c1)N(S(=O)(=O)c1cccc(C(F)(F)F)c1)CC(OS(C)(=O)=O)C2)c1c(F)cccc1Cl. The topological polar surface area (TPSA) is 80.8 Å². The van der Waals surface area contributed by atoms with E-state index in [-0.39, 0.29) is 22.7 Å². The molecule has 208 valence electrons.